The fourth-order valence-electron chi connectivity index (χ4n) is 2.61. The van der Waals surface area contributed by atoms with E-state index in [0.717, 1.165) is 35.1 Å². The maximum Gasteiger partial charge on any atom is 0.251 e. The van der Waals surface area contributed by atoms with Gasteiger partial charge >= 0.3 is 0 Å². The zero-order valence-electron chi connectivity index (χ0n) is 11.4. The van der Waals surface area contributed by atoms with Gasteiger partial charge in [0.05, 0.1) is 4.83 Å². The molecule has 1 amide bonds. The van der Waals surface area contributed by atoms with Crippen molar-refractivity contribution in [3.63, 3.8) is 0 Å². The zero-order valence-corrected chi connectivity index (χ0v) is 13.0. The lowest BCUT2D eigenvalue weighted by molar-refractivity contribution is 0.0956. The fourth-order valence-corrected chi connectivity index (χ4v) is 3.18. The first-order chi connectivity index (χ1) is 10.1. The summed E-state index contributed by atoms with van der Waals surface area (Å²) in [5.41, 5.74) is 3.60. The van der Waals surface area contributed by atoms with E-state index in [1.54, 1.807) is 6.07 Å². The summed E-state index contributed by atoms with van der Waals surface area (Å²) in [5, 5.41) is 2.90. The molecule has 0 saturated carbocycles. The summed E-state index contributed by atoms with van der Waals surface area (Å²) < 4.78 is 13.3. The Labute approximate surface area is 131 Å². The van der Waals surface area contributed by atoms with Crippen LogP contribution in [0.3, 0.4) is 0 Å². The largest absolute Gasteiger partial charge is 0.352 e. The molecular formula is C17H15BrFNO. The van der Waals surface area contributed by atoms with Gasteiger partial charge in [-0.3, -0.25) is 4.79 Å². The molecule has 1 N–H and O–H groups in total. The van der Waals surface area contributed by atoms with Crippen LogP contribution in [0.1, 0.15) is 38.3 Å². The van der Waals surface area contributed by atoms with Crippen LogP contribution >= 0.6 is 15.9 Å². The number of amides is 1. The Morgan fingerprint density at radius 3 is 2.76 bits per heavy atom. The molecule has 2 aromatic carbocycles. The molecule has 108 valence electrons. The van der Waals surface area contributed by atoms with Crippen LogP contribution in [0.2, 0.25) is 0 Å². The quantitative estimate of drug-likeness (QED) is 0.817. The third kappa shape index (κ3) is 3.00. The van der Waals surface area contributed by atoms with Crippen LogP contribution in [0, 0.1) is 5.82 Å². The highest BCUT2D eigenvalue weighted by molar-refractivity contribution is 9.09. The smallest absolute Gasteiger partial charge is 0.251 e. The lowest BCUT2D eigenvalue weighted by atomic mass is 9.97. The van der Waals surface area contributed by atoms with Crippen molar-refractivity contribution in [1.82, 2.24) is 5.32 Å². The van der Waals surface area contributed by atoms with E-state index in [1.807, 2.05) is 24.3 Å². The van der Waals surface area contributed by atoms with Crippen molar-refractivity contribution in [2.24, 2.45) is 0 Å². The summed E-state index contributed by atoms with van der Waals surface area (Å²) >= 11 is 3.60. The van der Waals surface area contributed by atoms with Crippen LogP contribution in [0.25, 0.3) is 0 Å². The minimum atomic E-state index is -0.260. The lowest BCUT2D eigenvalue weighted by Crippen LogP contribution is -2.22. The SMILES string of the molecule is O=C1NCCCc2ccc(C(Br)c3cccc(F)c3)cc21. The molecule has 21 heavy (non-hydrogen) atoms. The third-order valence-corrected chi connectivity index (χ3v) is 4.78. The minimum absolute atomic E-state index is 0.0247. The van der Waals surface area contributed by atoms with Crippen LogP contribution in [-0.4, -0.2) is 12.5 Å². The molecule has 1 unspecified atom stereocenters. The van der Waals surface area contributed by atoms with Gasteiger partial charge in [0, 0.05) is 12.1 Å². The molecule has 2 nitrogen and oxygen atoms in total. The van der Waals surface area contributed by atoms with E-state index < -0.39 is 0 Å². The molecule has 0 bridgehead atoms. The first kappa shape index (κ1) is 14.3. The van der Waals surface area contributed by atoms with Crippen molar-refractivity contribution < 1.29 is 9.18 Å². The highest BCUT2D eigenvalue weighted by atomic mass is 79.9. The highest BCUT2D eigenvalue weighted by Crippen LogP contribution is 2.32. The molecule has 4 heteroatoms. The molecule has 0 aromatic heterocycles. The number of nitrogens with one attached hydrogen (secondary N) is 1. The van der Waals surface area contributed by atoms with Gasteiger partial charge in [-0.15, -0.1) is 0 Å². The van der Waals surface area contributed by atoms with Crippen molar-refractivity contribution in [2.75, 3.05) is 6.54 Å². The topological polar surface area (TPSA) is 29.1 Å². The van der Waals surface area contributed by atoms with Crippen molar-refractivity contribution in [2.45, 2.75) is 17.7 Å². The van der Waals surface area contributed by atoms with Gasteiger partial charge in [0.1, 0.15) is 5.82 Å². The number of hydrogen-bond donors (Lipinski definition) is 1. The molecular weight excluding hydrogens is 333 g/mol. The number of hydrogen-bond acceptors (Lipinski definition) is 1. The minimum Gasteiger partial charge on any atom is -0.352 e. The van der Waals surface area contributed by atoms with Gasteiger partial charge in [-0.2, -0.15) is 0 Å². The number of benzene rings is 2. The van der Waals surface area contributed by atoms with E-state index in [1.165, 1.54) is 12.1 Å². The van der Waals surface area contributed by atoms with Gasteiger partial charge in [-0.1, -0.05) is 40.2 Å². The standard InChI is InChI=1S/C17H15BrFNO/c18-16(12-3-1-5-14(19)9-12)13-7-6-11-4-2-8-20-17(21)15(11)10-13/h1,3,5-7,9-10,16H,2,4,8H2,(H,20,21). The Kier molecular flexibility index (Phi) is 4.06. The fraction of sp³-hybridized carbons (Fsp3) is 0.235. The van der Waals surface area contributed by atoms with Crippen LogP contribution in [0.4, 0.5) is 4.39 Å². The van der Waals surface area contributed by atoms with E-state index in [0.29, 0.717) is 6.54 Å². The molecule has 0 aliphatic carbocycles. The van der Waals surface area contributed by atoms with Gasteiger partial charge in [0.25, 0.3) is 5.91 Å². The maximum atomic E-state index is 13.3. The van der Waals surface area contributed by atoms with E-state index in [-0.39, 0.29) is 16.6 Å². The van der Waals surface area contributed by atoms with E-state index >= 15 is 0 Å². The average Bonchev–Trinajstić information content (AvgIpc) is 2.68. The summed E-state index contributed by atoms with van der Waals surface area (Å²) in [4.78, 5) is 12.0. The van der Waals surface area contributed by atoms with Crippen LogP contribution < -0.4 is 5.32 Å². The first-order valence-electron chi connectivity index (χ1n) is 6.96. The Balaban J connectivity index is 1.98. The number of rotatable bonds is 2. The molecule has 3 rings (SSSR count). The van der Waals surface area contributed by atoms with Crippen LogP contribution in [0.5, 0.6) is 0 Å². The van der Waals surface area contributed by atoms with Crippen molar-refractivity contribution in [3.8, 4) is 0 Å². The van der Waals surface area contributed by atoms with Crippen molar-refractivity contribution >= 4 is 21.8 Å². The summed E-state index contributed by atoms with van der Waals surface area (Å²) in [6, 6.07) is 12.4. The number of fused-ring (bicyclic) bond motifs is 1. The summed E-state index contributed by atoms with van der Waals surface area (Å²) in [6.45, 7) is 0.713. The van der Waals surface area contributed by atoms with Gasteiger partial charge in [0.2, 0.25) is 0 Å². The van der Waals surface area contributed by atoms with Gasteiger partial charge in [-0.25, -0.2) is 4.39 Å². The van der Waals surface area contributed by atoms with Gasteiger partial charge in [-0.05, 0) is 47.7 Å². The molecule has 0 spiro atoms. The summed E-state index contributed by atoms with van der Waals surface area (Å²) in [7, 11) is 0. The van der Waals surface area contributed by atoms with Crippen LogP contribution in [0.15, 0.2) is 42.5 Å². The second-order valence-corrected chi connectivity index (χ2v) is 6.11. The predicted octanol–water partition coefficient (Wildman–Crippen LogP) is 3.99. The maximum absolute atomic E-state index is 13.3. The second-order valence-electron chi connectivity index (χ2n) is 5.19. The highest BCUT2D eigenvalue weighted by Gasteiger charge is 2.18. The van der Waals surface area contributed by atoms with Crippen molar-refractivity contribution in [1.29, 1.82) is 0 Å². The molecule has 0 radical (unpaired) electrons. The Bertz CT molecular complexity index is 686. The second kappa shape index (κ2) is 5.98. The third-order valence-electron chi connectivity index (χ3n) is 3.72. The Hall–Kier alpha value is -1.68. The molecule has 1 atom stereocenters. The van der Waals surface area contributed by atoms with Crippen molar-refractivity contribution in [3.05, 3.63) is 70.5 Å². The van der Waals surface area contributed by atoms with E-state index in [4.69, 9.17) is 0 Å². The number of aryl methyl sites for hydroxylation is 1. The van der Waals surface area contributed by atoms with Gasteiger partial charge < -0.3 is 5.32 Å². The number of halogens is 2. The Morgan fingerprint density at radius 1 is 1.14 bits per heavy atom. The first-order valence-corrected chi connectivity index (χ1v) is 7.87. The molecule has 1 aliphatic rings. The van der Waals surface area contributed by atoms with E-state index in [9.17, 15) is 9.18 Å². The molecule has 1 heterocycles. The average molecular weight is 348 g/mol. The monoisotopic (exact) mass is 347 g/mol. The molecule has 1 aliphatic heterocycles. The molecule has 2 aromatic rings. The lowest BCUT2D eigenvalue weighted by Gasteiger charge is -2.13. The number of carbonyl (C=O) groups is 1. The zero-order chi connectivity index (χ0) is 14.8. The Morgan fingerprint density at radius 2 is 1.95 bits per heavy atom. The summed E-state index contributed by atoms with van der Waals surface area (Å²) in [6.07, 6.45) is 1.86. The summed E-state index contributed by atoms with van der Waals surface area (Å²) in [5.74, 6) is -0.284. The normalized spacial score (nSPS) is 15.8. The molecule has 0 saturated heterocycles. The van der Waals surface area contributed by atoms with E-state index in [2.05, 4.69) is 21.2 Å². The molecule has 0 fully saturated rings. The van der Waals surface area contributed by atoms with Gasteiger partial charge in [0.15, 0.2) is 0 Å². The number of carbonyl (C=O) groups excluding carboxylic acids is 1. The predicted molar refractivity (Wildman–Crippen MR) is 84.3 cm³/mol. The van der Waals surface area contributed by atoms with Crippen LogP contribution in [-0.2, 0) is 6.42 Å². The number of alkyl halides is 1.